The maximum atomic E-state index is 13.2. The average Bonchev–Trinajstić information content (AvgIpc) is 2.93. The van der Waals surface area contributed by atoms with E-state index in [2.05, 4.69) is 22.7 Å². The molecule has 2 aliphatic rings. The number of anilines is 3. The molecular formula is C18H21N5O2S. The van der Waals surface area contributed by atoms with Crippen molar-refractivity contribution in [3.8, 4) is 0 Å². The Balaban J connectivity index is 1.71. The molecule has 26 heavy (non-hydrogen) atoms. The number of carbonyl (C=O) groups is 2. The van der Waals surface area contributed by atoms with E-state index in [0.717, 1.165) is 31.1 Å². The van der Waals surface area contributed by atoms with E-state index >= 15 is 0 Å². The number of para-hydroxylation sites is 2. The van der Waals surface area contributed by atoms with Crippen LogP contribution in [0.1, 0.15) is 15.2 Å². The van der Waals surface area contributed by atoms with E-state index in [0.29, 0.717) is 22.6 Å². The number of hydrogen-bond acceptors (Lipinski definition) is 5. The molecule has 0 atom stereocenters. The molecule has 1 saturated heterocycles. The first-order valence-corrected chi connectivity index (χ1v) is 9.45. The lowest BCUT2D eigenvalue weighted by Crippen LogP contribution is -2.55. The summed E-state index contributed by atoms with van der Waals surface area (Å²) in [4.78, 5) is 30.6. The Morgan fingerprint density at radius 3 is 2.65 bits per heavy atom. The first-order chi connectivity index (χ1) is 12.5. The van der Waals surface area contributed by atoms with Crippen LogP contribution in [-0.4, -0.2) is 55.1 Å². The predicted molar refractivity (Wildman–Crippen MR) is 103 cm³/mol. The number of hydrogen-bond donors (Lipinski definition) is 2. The van der Waals surface area contributed by atoms with E-state index in [1.165, 1.54) is 11.3 Å². The zero-order chi connectivity index (χ0) is 18.3. The highest BCUT2D eigenvalue weighted by molar-refractivity contribution is 7.10. The van der Waals surface area contributed by atoms with Gasteiger partial charge < -0.3 is 10.2 Å². The molecule has 2 N–H and O–H groups in total. The Labute approximate surface area is 156 Å². The van der Waals surface area contributed by atoms with Crippen molar-refractivity contribution >= 4 is 40.3 Å². The van der Waals surface area contributed by atoms with Gasteiger partial charge in [0, 0.05) is 36.4 Å². The number of fused-ring (bicyclic) bond motifs is 2. The van der Waals surface area contributed by atoms with Gasteiger partial charge in [0.2, 0.25) is 0 Å². The number of thiophene rings is 1. The molecule has 136 valence electrons. The number of nitrogens with one attached hydrogen (secondary N) is 2. The number of carbonyl (C=O) groups excluding carboxylic acids is 2. The first kappa shape index (κ1) is 17.0. The minimum Gasteiger partial charge on any atom is -0.320 e. The topological polar surface area (TPSA) is 67.9 Å². The van der Waals surface area contributed by atoms with Gasteiger partial charge in [-0.05, 0) is 26.1 Å². The summed E-state index contributed by atoms with van der Waals surface area (Å²) in [7, 11) is 2.07. The lowest BCUT2D eigenvalue weighted by Gasteiger charge is -2.34. The Bertz CT molecular complexity index is 857. The number of nitrogens with zero attached hydrogens (tertiary/aromatic N) is 3. The van der Waals surface area contributed by atoms with Crippen LogP contribution in [0.25, 0.3) is 0 Å². The fourth-order valence-corrected chi connectivity index (χ4v) is 4.12. The number of amides is 3. The number of urea groups is 1. The third-order valence-electron chi connectivity index (χ3n) is 4.78. The standard InChI is InChI=1S/C18H21N5O2S/c1-12-16-15(11-26-12)23(14-6-4-3-5-13(14)19-17(16)24)18(25)20-22-9-7-21(2)8-10-22/h3-6,11H,7-10H2,1-2H3,(H,19,24)(H,20,25). The number of aryl methyl sites for hydroxylation is 1. The van der Waals surface area contributed by atoms with E-state index < -0.39 is 0 Å². The summed E-state index contributed by atoms with van der Waals surface area (Å²) in [5.74, 6) is -0.180. The molecule has 8 heteroatoms. The lowest BCUT2D eigenvalue weighted by atomic mass is 10.2. The van der Waals surface area contributed by atoms with E-state index in [4.69, 9.17) is 0 Å². The number of likely N-dealkylation sites (N-methyl/N-ethyl adjacent to an activating group) is 1. The summed E-state index contributed by atoms with van der Waals surface area (Å²) >= 11 is 1.47. The largest absolute Gasteiger partial charge is 0.341 e. The van der Waals surface area contributed by atoms with Crippen LogP contribution in [0.4, 0.5) is 21.9 Å². The summed E-state index contributed by atoms with van der Waals surface area (Å²) < 4.78 is 0. The van der Waals surface area contributed by atoms with Gasteiger partial charge in [-0.3, -0.25) is 15.1 Å². The summed E-state index contributed by atoms with van der Waals surface area (Å²) in [5, 5.41) is 6.73. The number of piperazine rings is 1. The molecule has 3 heterocycles. The van der Waals surface area contributed by atoms with Gasteiger partial charge in [-0.2, -0.15) is 0 Å². The quantitative estimate of drug-likeness (QED) is 0.809. The van der Waals surface area contributed by atoms with E-state index in [1.807, 2.05) is 41.6 Å². The van der Waals surface area contributed by atoms with E-state index in [1.54, 1.807) is 4.90 Å². The molecule has 1 aromatic carbocycles. The molecule has 0 radical (unpaired) electrons. The fourth-order valence-electron chi connectivity index (χ4n) is 3.29. The second kappa shape index (κ2) is 6.71. The minimum absolute atomic E-state index is 0.180. The highest BCUT2D eigenvalue weighted by Gasteiger charge is 2.32. The maximum absolute atomic E-state index is 13.2. The second-order valence-corrected chi connectivity index (χ2v) is 7.65. The molecule has 0 bridgehead atoms. The maximum Gasteiger partial charge on any atom is 0.341 e. The first-order valence-electron chi connectivity index (χ1n) is 8.57. The zero-order valence-electron chi connectivity index (χ0n) is 14.8. The van der Waals surface area contributed by atoms with Crippen molar-refractivity contribution in [2.24, 2.45) is 0 Å². The van der Waals surface area contributed by atoms with Crippen molar-refractivity contribution in [1.29, 1.82) is 0 Å². The van der Waals surface area contributed by atoms with Crippen LogP contribution >= 0.6 is 11.3 Å². The van der Waals surface area contributed by atoms with Gasteiger partial charge in [-0.25, -0.2) is 9.80 Å². The van der Waals surface area contributed by atoms with Gasteiger partial charge in [0.15, 0.2) is 0 Å². The third kappa shape index (κ3) is 2.96. The van der Waals surface area contributed by atoms with Crippen LogP contribution in [0.5, 0.6) is 0 Å². The number of hydrazine groups is 1. The SMILES string of the molecule is Cc1scc2c1C(=O)Nc1ccccc1N2C(=O)NN1CCN(C)CC1. The van der Waals surface area contributed by atoms with E-state index in [9.17, 15) is 9.59 Å². The van der Waals surface area contributed by atoms with Gasteiger partial charge in [0.1, 0.15) is 0 Å². The van der Waals surface area contributed by atoms with Crippen molar-refractivity contribution < 1.29 is 9.59 Å². The summed E-state index contributed by atoms with van der Waals surface area (Å²) in [6, 6.07) is 7.12. The van der Waals surface area contributed by atoms with Crippen molar-refractivity contribution in [3.63, 3.8) is 0 Å². The molecule has 4 rings (SSSR count). The third-order valence-corrected chi connectivity index (χ3v) is 5.68. The van der Waals surface area contributed by atoms with Crippen LogP contribution in [-0.2, 0) is 0 Å². The predicted octanol–water partition coefficient (Wildman–Crippen LogP) is 2.63. The Hall–Kier alpha value is -2.42. The molecular weight excluding hydrogens is 350 g/mol. The van der Waals surface area contributed by atoms with Crippen molar-refractivity contribution in [2.45, 2.75) is 6.92 Å². The van der Waals surface area contributed by atoms with Crippen LogP contribution in [0.15, 0.2) is 29.6 Å². The highest BCUT2D eigenvalue weighted by Crippen LogP contribution is 2.41. The molecule has 0 unspecified atom stereocenters. The Morgan fingerprint density at radius 2 is 1.88 bits per heavy atom. The van der Waals surface area contributed by atoms with Crippen LogP contribution in [0.3, 0.4) is 0 Å². The van der Waals surface area contributed by atoms with Crippen molar-refractivity contribution in [1.82, 2.24) is 15.3 Å². The lowest BCUT2D eigenvalue weighted by molar-refractivity contribution is 0.102. The number of rotatable bonds is 1. The molecule has 2 aromatic rings. The van der Waals surface area contributed by atoms with Crippen LogP contribution in [0.2, 0.25) is 0 Å². The van der Waals surface area contributed by atoms with E-state index in [-0.39, 0.29) is 11.9 Å². The average molecular weight is 371 g/mol. The Morgan fingerprint density at radius 1 is 1.15 bits per heavy atom. The molecule has 0 spiro atoms. The summed E-state index contributed by atoms with van der Waals surface area (Å²) in [6.45, 7) is 5.24. The summed E-state index contributed by atoms with van der Waals surface area (Å²) in [5.41, 5.74) is 5.49. The minimum atomic E-state index is -0.252. The smallest absolute Gasteiger partial charge is 0.320 e. The molecule has 0 aliphatic carbocycles. The molecule has 2 aliphatic heterocycles. The molecule has 3 amide bonds. The van der Waals surface area contributed by atoms with Gasteiger partial charge in [-0.15, -0.1) is 11.3 Å². The van der Waals surface area contributed by atoms with Gasteiger partial charge in [0.05, 0.1) is 22.6 Å². The summed E-state index contributed by atoms with van der Waals surface area (Å²) in [6.07, 6.45) is 0. The number of benzene rings is 1. The van der Waals surface area contributed by atoms with Crippen LogP contribution < -0.4 is 15.6 Å². The second-order valence-electron chi connectivity index (χ2n) is 6.57. The highest BCUT2D eigenvalue weighted by atomic mass is 32.1. The van der Waals surface area contributed by atoms with Crippen molar-refractivity contribution in [3.05, 3.63) is 40.1 Å². The zero-order valence-corrected chi connectivity index (χ0v) is 15.6. The van der Waals surface area contributed by atoms with Gasteiger partial charge in [0.25, 0.3) is 5.91 Å². The van der Waals surface area contributed by atoms with Gasteiger partial charge >= 0.3 is 6.03 Å². The van der Waals surface area contributed by atoms with Gasteiger partial charge in [-0.1, -0.05) is 12.1 Å². The van der Waals surface area contributed by atoms with Crippen molar-refractivity contribution in [2.75, 3.05) is 43.4 Å². The normalized spacial score (nSPS) is 17.9. The fraction of sp³-hybridized carbons (Fsp3) is 0.333. The monoisotopic (exact) mass is 371 g/mol. The molecule has 0 saturated carbocycles. The molecule has 7 nitrogen and oxygen atoms in total. The molecule has 1 fully saturated rings. The molecule has 1 aromatic heterocycles. The Kier molecular flexibility index (Phi) is 4.39. The van der Waals surface area contributed by atoms with Crippen LogP contribution in [0, 0.1) is 6.92 Å².